The summed E-state index contributed by atoms with van der Waals surface area (Å²) in [6, 6.07) is 0. The fourth-order valence-corrected chi connectivity index (χ4v) is 3.37. The Hall–Kier alpha value is -0.0800. The summed E-state index contributed by atoms with van der Waals surface area (Å²) in [7, 11) is 0. The molecule has 0 amide bonds. The SMILES string of the molecule is CCCCCC[N+](CCC)(CCC)CCCCCC.[OH-]. The van der Waals surface area contributed by atoms with Gasteiger partial charge >= 0.3 is 0 Å². The Morgan fingerprint density at radius 1 is 0.450 bits per heavy atom. The maximum atomic E-state index is 2.36. The lowest BCUT2D eigenvalue weighted by Gasteiger charge is -2.39. The third-order valence-electron chi connectivity index (χ3n) is 4.37. The Kier molecular flexibility index (Phi) is 17.0. The van der Waals surface area contributed by atoms with E-state index in [1.165, 1.54) is 94.9 Å². The van der Waals surface area contributed by atoms with Crippen LogP contribution in [0.25, 0.3) is 0 Å². The van der Waals surface area contributed by atoms with Gasteiger partial charge in [-0.3, -0.25) is 0 Å². The van der Waals surface area contributed by atoms with E-state index in [1.807, 2.05) is 0 Å². The maximum Gasteiger partial charge on any atom is 0.0786 e. The van der Waals surface area contributed by atoms with Gasteiger partial charge in [-0.15, -0.1) is 0 Å². The van der Waals surface area contributed by atoms with Crippen molar-refractivity contribution in [3.8, 4) is 0 Å². The minimum absolute atomic E-state index is 0. The van der Waals surface area contributed by atoms with Gasteiger partial charge < -0.3 is 9.96 Å². The number of hydrogen-bond donors (Lipinski definition) is 0. The van der Waals surface area contributed by atoms with Crippen LogP contribution in [-0.4, -0.2) is 36.1 Å². The third kappa shape index (κ3) is 10.7. The van der Waals surface area contributed by atoms with E-state index in [0.717, 1.165) is 0 Å². The molecule has 2 nitrogen and oxygen atoms in total. The molecule has 0 saturated heterocycles. The normalized spacial score (nSPS) is 11.4. The first-order chi connectivity index (χ1) is 9.24. The zero-order valence-corrected chi connectivity index (χ0v) is 14.8. The minimum Gasteiger partial charge on any atom is -0.870 e. The molecule has 0 spiro atoms. The molecule has 124 valence electrons. The number of nitrogens with zero attached hydrogens (tertiary/aromatic N) is 1. The van der Waals surface area contributed by atoms with Gasteiger partial charge in [-0.2, -0.15) is 0 Å². The largest absolute Gasteiger partial charge is 0.870 e. The van der Waals surface area contributed by atoms with E-state index < -0.39 is 0 Å². The highest BCUT2D eigenvalue weighted by atomic mass is 16.0. The molecule has 0 rings (SSSR count). The van der Waals surface area contributed by atoms with E-state index in [4.69, 9.17) is 0 Å². The Morgan fingerprint density at radius 2 is 0.850 bits per heavy atom. The summed E-state index contributed by atoms with van der Waals surface area (Å²) in [5, 5.41) is 0. The van der Waals surface area contributed by atoms with Crippen LogP contribution >= 0.6 is 0 Å². The van der Waals surface area contributed by atoms with E-state index >= 15 is 0 Å². The first-order valence-electron chi connectivity index (χ1n) is 9.09. The van der Waals surface area contributed by atoms with Crippen molar-refractivity contribution in [2.45, 2.75) is 91.9 Å². The quantitative estimate of drug-likeness (QED) is 0.302. The van der Waals surface area contributed by atoms with E-state index in [1.54, 1.807) is 0 Å². The van der Waals surface area contributed by atoms with Crippen LogP contribution in [0.2, 0.25) is 0 Å². The fourth-order valence-electron chi connectivity index (χ4n) is 3.37. The van der Waals surface area contributed by atoms with Gasteiger partial charge in [0.15, 0.2) is 0 Å². The first kappa shape index (κ1) is 22.2. The average molecular weight is 288 g/mol. The smallest absolute Gasteiger partial charge is 0.0786 e. The van der Waals surface area contributed by atoms with Crippen LogP contribution in [0.4, 0.5) is 0 Å². The van der Waals surface area contributed by atoms with Crippen molar-refractivity contribution in [3.05, 3.63) is 0 Å². The van der Waals surface area contributed by atoms with Gasteiger partial charge in [-0.25, -0.2) is 0 Å². The second kappa shape index (κ2) is 15.3. The Bertz CT molecular complexity index is 162. The molecule has 0 unspecified atom stereocenters. The van der Waals surface area contributed by atoms with Crippen LogP contribution in [-0.2, 0) is 0 Å². The van der Waals surface area contributed by atoms with E-state index in [0.29, 0.717) is 0 Å². The molecule has 0 fully saturated rings. The number of rotatable bonds is 14. The summed E-state index contributed by atoms with van der Waals surface area (Å²) in [6.45, 7) is 15.0. The summed E-state index contributed by atoms with van der Waals surface area (Å²) >= 11 is 0. The second-order valence-corrected chi connectivity index (χ2v) is 6.36. The Morgan fingerprint density at radius 3 is 1.15 bits per heavy atom. The molecule has 20 heavy (non-hydrogen) atoms. The Balaban J connectivity index is 0. The average Bonchev–Trinajstić information content (AvgIpc) is 2.41. The van der Waals surface area contributed by atoms with Crippen molar-refractivity contribution in [3.63, 3.8) is 0 Å². The zero-order valence-electron chi connectivity index (χ0n) is 14.8. The molecule has 0 aliphatic heterocycles. The fraction of sp³-hybridized carbons (Fsp3) is 1.00. The molecule has 0 aromatic rings. The van der Waals surface area contributed by atoms with Crippen molar-refractivity contribution < 1.29 is 9.96 Å². The zero-order chi connectivity index (χ0) is 14.4. The highest BCUT2D eigenvalue weighted by Crippen LogP contribution is 2.16. The standard InChI is InChI=1S/C18H40N.H2O/c1-5-9-11-13-17-19(15-7-3,16-8-4)18-14-12-10-6-2;/h5-18H2,1-4H3;1H2/q+1;/p-1. The number of unbranched alkanes of at least 4 members (excludes halogenated alkanes) is 6. The van der Waals surface area contributed by atoms with Gasteiger partial charge in [0, 0.05) is 0 Å². The lowest BCUT2D eigenvalue weighted by molar-refractivity contribution is -0.928. The summed E-state index contributed by atoms with van der Waals surface area (Å²) in [5.74, 6) is 0. The van der Waals surface area contributed by atoms with E-state index in [9.17, 15) is 0 Å². The molecular formula is C18H41NO. The molecule has 0 aromatic heterocycles. The molecule has 0 radical (unpaired) electrons. The van der Waals surface area contributed by atoms with Gasteiger partial charge in [-0.1, -0.05) is 53.4 Å². The van der Waals surface area contributed by atoms with Crippen LogP contribution in [0, 0.1) is 0 Å². The van der Waals surface area contributed by atoms with Crippen molar-refractivity contribution in [2.75, 3.05) is 26.2 Å². The monoisotopic (exact) mass is 287 g/mol. The molecule has 0 aliphatic carbocycles. The van der Waals surface area contributed by atoms with Gasteiger partial charge in [0.2, 0.25) is 0 Å². The lowest BCUT2D eigenvalue weighted by Crippen LogP contribution is -2.50. The van der Waals surface area contributed by atoms with Crippen molar-refractivity contribution >= 4 is 0 Å². The summed E-state index contributed by atoms with van der Waals surface area (Å²) in [4.78, 5) is 0. The summed E-state index contributed by atoms with van der Waals surface area (Å²) in [6.07, 6.45) is 14.0. The molecule has 0 bridgehead atoms. The number of hydrogen-bond acceptors (Lipinski definition) is 1. The first-order valence-corrected chi connectivity index (χ1v) is 9.09. The molecule has 0 aliphatic rings. The highest BCUT2D eigenvalue weighted by molar-refractivity contribution is 4.50. The van der Waals surface area contributed by atoms with Crippen LogP contribution in [0.5, 0.6) is 0 Å². The lowest BCUT2D eigenvalue weighted by atomic mass is 10.1. The maximum absolute atomic E-state index is 2.36. The molecule has 0 aromatic carbocycles. The van der Waals surface area contributed by atoms with Gasteiger partial charge in [0.25, 0.3) is 0 Å². The minimum atomic E-state index is 0. The van der Waals surface area contributed by atoms with Crippen LogP contribution in [0.3, 0.4) is 0 Å². The predicted molar refractivity (Wildman–Crippen MR) is 90.5 cm³/mol. The van der Waals surface area contributed by atoms with Gasteiger partial charge in [0.05, 0.1) is 26.2 Å². The topological polar surface area (TPSA) is 30.0 Å². The predicted octanol–water partition coefficient (Wildman–Crippen LogP) is 5.61. The Labute approximate surface area is 128 Å². The van der Waals surface area contributed by atoms with Crippen LogP contribution in [0.15, 0.2) is 0 Å². The van der Waals surface area contributed by atoms with E-state index in [2.05, 4.69) is 27.7 Å². The number of quaternary nitrogens is 1. The van der Waals surface area contributed by atoms with E-state index in [-0.39, 0.29) is 5.48 Å². The molecule has 0 atom stereocenters. The molecule has 0 saturated carbocycles. The summed E-state index contributed by atoms with van der Waals surface area (Å²) < 4.78 is 1.42. The molecule has 0 heterocycles. The molecular weight excluding hydrogens is 246 g/mol. The van der Waals surface area contributed by atoms with Crippen molar-refractivity contribution in [1.82, 2.24) is 0 Å². The molecule has 1 N–H and O–H groups in total. The summed E-state index contributed by atoms with van der Waals surface area (Å²) in [5.41, 5.74) is 0. The third-order valence-corrected chi connectivity index (χ3v) is 4.37. The van der Waals surface area contributed by atoms with Gasteiger partial charge in [-0.05, 0) is 38.5 Å². The second-order valence-electron chi connectivity index (χ2n) is 6.36. The highest BCUT2D eigenvalue weighted by Gasteiger charge is 2.24. The van der Waals surface area contributed by atoms with Crippen LogP contribution in [0.1, 0.15) is 91.9 Å². The van der Waals surface area contributed by atoms with Gasteiger partial charge in [0.1, 0.15) is 0 Å². The van der Waals surface area contributed by atoms with Crippen LogP contribution < -0.4 is 0 Å². The van der Waals surface area contributed by atoms with Crippen molar-refractivity contribution in [1.29, 1.82) is 0 Å². The molecule has 2 heteroatoms. The van der Waals surface area contributed by atoms with Crippen molar-refractivity contribution in [2.24, 2.45) is 0 Å².